The molecule has 0 bridgehead atoms. The second kappa shape index (κ2) is 5.94. The van der Waals surface area contributed by atoms with Gasteiger partial charge in [-0.1, -0.05) is 18.2 Å². The monoisotopic (exact) mass is 333 g/mol. The normalized spacial score (nSPS) is 21.5. The molecule has 1 fully saturated rings. The molecule has 1 amide bonds. The van der Waals surface area contributed by atoms with Crippen LogP contribution < -0.4 is 4.90 Å². The number of carbonyl (C=O) groups excluding carboxylic acids is 1. The van der Waals surface area contributed by atoms with Crippen LogP contribution in [0.15, 0.2) is 30.3 Å². The summed E-state index contributed by atoms with van der Waals surface area (Å²) in [5.74, 6) is 0.277. The highest BCUT2D eigenvalue weighted by molar-refractivity contribution is 5.99. The first-order chi connectivity index (χ1) is 11.6. The Morgan fingerprint density at radius 3 is 2.62 bits per heavy atom. The van der Waals surface area contributed by atoms with E-state index in [0.29, 0.717) is 32.0 Å². The van der Waals surface area contributed by atoms with Gasteiger partial charge in [0.15, 0.2) is 5.82 Å². The van der Waals surface area contributed by atoms with Gasteiger partial charge in [0.25, 0.3) is 6.43 Å². The Bertz CT molecular complexity index is 748. The topological polar surface area (TPSA) is 54.3 Å². The fourth-order valence-corrected chi connectivity index (χ4v) is 3.49. The van der Waals surface area contributed by atoms with E-state index in [0.717, 1.165) is 12.1 Å². The lowest BCUT2D eigenvalue weighted by atomic mass is 10.2. The molecule has 2 aliphatic rings. The molecule has 0 spiro atoms. The average molecular weight is 333 g/mol. The minimum absolute atomic E-state index is 0.0586. The molecule has 0 aliphatic carbocycles. The minimum atomic E-state index is -2.63. The maximum absolute atomic E-state index is 12.9. The van der Waals surface area contributed by atoms with Crippen LogP contribution in [0.25, 0.3) is 0 Å². The first-order valence-corrected chi connectivity index (χ1v) is 7.96. The van der Waals surface area contributed by atoms with Crippen LogP contribution >= 0.6 is 0 Å². The molecule has 0 N–H and O–H groups in total. The van der Waals surface area contributed by atoms with Crippen LogP contribution in [0.5, 0.6) is 0 Å². The summed E-state index contributed by atoms with van der Waals surface area (Å²) in [4.78, 5) is 16.6. The molecule has 2 aliphatic heterocycles. The second-order valence-corrected chi connectivity index (χ2v) is 6.03. The van der Waals surface area contributed by atoms with E-state index >= 15 is 0 Å². The Labute approximate surface area is 137 Å². The smallest absolute Gasteiger partial charge is 0.297 e. The van der Waals surface area contributed by atoms with Gasteiger partial charge >= 0.3 is 0 Å². The van der Waals surface area contributed by atoms with Crippen molar-refractivity contribution in [1.29, 1.82) is 0 Å². The van der Waals surface area contributed by atoms with Crippen molar-refractivity contribution < 1.29 is 13.6 Å². The summed E-state index contributed by atoms with van der Waals surface area (Å²) in [6.45, 7) is 1.97. The maximum Gasteiger partial charge on any atom is 0.297 e. The van der Waals surface area contributed by atoms with Crippen molar-refractivity contribution in [2.75, 3.05) is 18.0 Å². The molecule has 0 radical (unpaired) electrons. The SMILES string of the molecule is O=C1C(N2CCn3c(nnc3C(F)F)C2)CCN1c1ccccc1. The van der Waals surface area contributed by atoms with Crippen LogP contribution in [0.1, 0.15) is 24.5 Å². The number of fused-ring (bicyclic) bond motifs is 1. The first-order valence-electron chi connectivity index (χ1n) is 7.96. The molecule has 0 saturated carbocycles. The van der Waals surface area contributed by atoms with E-state index in [1.54, 1.807) is 4.90 Å². The Morgan fingerprint density at radius 1 is 1.08 bits per heavy atom. The molecule has 1 unspecified atom stereocenters. The van der Waals surface area contributed by atoms with Gasteiger partial charge in [-0.25, -0.2) is 8.78 Å². The standard InChI is InChI=1S/C16H17F2N5O/c17-14(18)15-20-19-13-10-21(8-9-23(13)15)12-6-7-22(16(12)24)11-4-2-1-3-5-11/h1-5,12,14H,6-10H2. The van der Waals surface area contributed by atoms with Crippen molar-refractivity contribution in [3.63, 3.8) is 0 Å². The highest BCUT2D eigenvalue weighted by Crippen LogP contribution is 2.27. The van der Waals surface area contributed by atoms with E-state index in [1.165, 1.54) is 4.57 Å². The quantitative estimate of drug-likeness (QED) is 0.860. The summed E-state index contributed by atoms with van der Waals surface area (Å²) in [6.07, 6.45) is -1.90. The zero-order valence-corrected chi connectivity index (χ0v) is 13.0. The number of halogens is 2. The summed E-state index contributed by atoms with van der Waals surface area (Å²) >= 11 is 0. The van der Waals surface area contributed by atoms with E-state index in [2.05, 4.69) is 10.2 Å². The van der Waals surface area contributed by atoms with Gasteiger partial charge in [-0.2, -0.15) is 0 Å². The number of nitrogens with zero attached hydrogens (tertiary/aromatic N) is 5. The Kier molecular flexibility index (Phi) is 3.76. The van der Waals surface area contributed by atoms with Crippen LogP contribution in [-0.2, 0) is 17.9 Å². The molecule has 1 saturated heterocycles. The molecule has 1 aromatic carbocycles. The van der Waals surface area contributed by atoms with E-state index in [-0.39, 0.29) is 17.8 Å². The van der Waals surface area contributed by atoms with Crippen LogP contribution in [0, 0.1) is 0 Å². The largest absolute Gasteiger partial charge is 0.311 e. The molecular formula is C16H17F2N5O. The maximum atomic E-state index is 12.9. The van der Waals surface area contributed by atoms with Crippen molar-refractivity contribution in [1.82, 2.24) is 19.7 Å². The van der Waals surface area contributed by atoms with Gasteiger partial charge in [0.1, 0.15) is 5.82 Å². The van der Waals surface area contributed by atoms with E-state index < -0.39 is 6.43 Å². The van der Waals surface area contributed by atoms with Crippen molar-refractivity contribution in [2.45, 2.75) is 32.0 Å². The van der Waals surface area contributed by atoms with Gasteiger partial charge in [-0.15, -0.1) is 10.2 Å². The lowest BCUT2D eigenvalue weighted by Gasteiger charge is -2.31. The minimum Gasteiger partial charge on any atom is -0.311 e. The molecule has 24 heavy (non-hydrogen) atoms. The van der Waals surface area contributed by atoms with Crippen LogP contribution in [0.4, 0.5) is 14.5 Å². The zero-order valence-electron chi connectivity index (χ0n) is 13.0. The van der Waals surface area contributed by atoms with Gasteiger partial charge in [0.05, 0.1) is 12.6 Å². The summed E-state index contributed by atoms with van der Waals surface area (Å²) in [5, 5.41) is 7.45. The Hall–Kier alpha value is -2.35. The molecular weight excluding hydrogens is 316 g/mol. The number of rotatable bonds is 3. The molecule has 2 aromatic rings. The zero-order chi connectivity index (χ0) is 16.7. The second-order valence-electron chi connectivity index (χ2n) is 6.03. The van der Waals surface area contributed by atoms with Crippen molar-refractivity contribution in [3.8, 4) is 0 Å². The highest BCUT2D eigenvalue weighted by Gasteiger charge is 2.38. The first kappa shape index (κ1) is 15.2. The van der Waals surface area contributed by atoms with E-state index in [4.69, 9.17) is 0 Å². The average Bonchev–Trinajstić information content (AvgIpc) is 3.18. The van der Waals surface area contributed by atoms with Crippen molar-refractivity contribution >= 4 is 11.6 Å². The number of hydrogen-bond donors (Lipinski definition) is 0. The number of aromatic nitrogens is 3. The van der Waals surface area contributed by atoms with Crippen LogP contribution in [0.2, 0.25) is 0 Å². The number of alkyl halides is 2. The number of para-hydroxylation sites is 1. The van der Waals surface area contributed by atoms with Gasteiger partial charge in [0, 0.05) is 25.3 Å². The summed E-state index contributed by atoms with van der Waals surface area (Å²) in [5.41, 5.74) is 0.894. The summed E-state index contributed by atoms with van der Waals surface area (Å²) in [7, 11) is 0. The predicted molar refractivity (Wildman–Crippen MR) is 82.6 cm³/mol. The molecule has 1 atom stereocenters. The van der Waals surface area contributed by atoms with E-state index in [9.17, 15) is 13.6 Å². The number of carbonyl (C=O) groups is 1. The summed E-state index contributed by atoms with van der Waals surface area (Å²) < 4.78 is 27.2. The third-order valence-corrected chi connectivity index (χ3v) is 4.69. The van der Waals surface area contributed by atoms with Crippen molar-refractivity contribution in [3.05, 3.63) is 42.0 Å². The number of amides is 1. The van der Waals surface area contributed by atoms with Gasteiger partial charge in [0.2, 0.25) is 5.91 Å². The van der Waals surface area contributed by atoms with Crippen molar-refractivity contribution in [2.24, 2.45) is 0 Å². The lowest BCUT2D eigenvalue weighted by Crippen LogP contribution is -2.45. The molecule has 8 heteroatoms. The third kappa shape index (κ3) is 2.47. The van der Waals surface area contributed by atoms with E-state index in [1.807, 2.05) is 35.2 Å². The number of hydrogen-bond acceptors (Lipinski definition) is 4. The lowest BCUT2D eigenvalue weighted by molar-refractivity contribution is -0.122. The predicted octanol–water partition coefficient (Wildman–Crippen LogP) is 1.84. The van der Waals surface area contributed by atoms with Gasteiger partial charge in [-0.3, -0.25) is 9.69 Å². The van der Waals surface area contributed by atoms with Gasteiger partial charge in [-0.05, 0) is 18.6 Å². The fraction of sp³-hybridized carbons (Fsp3) is 0.438. The molecule has 1 aromatic heterocycles. The molecule has 6 nitrogen and oxygen atoms in total. The molecule has 3 heterocycles. The molecule has 4 rings (SSSR count). The number of benzene rings is 1. The third-order valence-electron chi connectivity index (χ3n) is 4.69. The van der Waals surface area contributed by atoms with Crippen LogP contribution in [0.3, 0.4) is 0 Å². The number of anilines is 1. The summed E-state index contributed by atoms with van der Waals surface area (Å²) in [6, 6.07) is 9.34. The van der Waals surface area contributed by atoms with Crippen LogP contribution in [-0.4, -0.2) is 44.7 Å². The Morgan fingerprint density at radius 2 is 1.88 bits per heavy atom. The fourth-order valence-electron chi connectivity index (χ4n) is 3.49. The Balaban J connectivity index is 1.51. The van der Waals surface area contributed by atoms with Gasteiger partial charge < -0.3 is 9.47 Å². The highest BCUT2D eigenvalue weighted by atomic mass is 19.3. The molecule has 126 valence electrons.